The number of nitrogens with one attached hydrogen (secondary N) is 1. The van der Waals surface area contributed by atoms with E-state index in [0.717, 1.165) is 61.3 Å². The van der Waals surface area contributed by atoms with Crippen molar-refractivity contribution in [3.8, 4) is 0 Å². The predicted octanol–water partition coefficient (Wildman–Crippen LogP) is 3.25. The first-order valence-electron chi connectivity index (χ1n) is 14.3. The minimum Gasteiger partial charge on any atom is -0.444 e. The molecule has 0 radical (unpaired) electrons. The fourth-order valence-electron chi connectivity index (χ4n) is 6.26. The predicted molar refractivity (Wildman–Crippen MR) is 150 cm³/mol. The number of amides is 3. The second-order valence-electron chi connectivity index (χ2n) is 12.4. The molecule has 3 aliphatic heterocycles. The molecule has 4 heterocycles. The van der Waals surface area contributed by atoms with E-state index in [-0.39, 0.29) is 17.9 Å². The Hall–Kier alpha value is -3.14. The first-order valence-corrected chi connectivity index (χ1v) is 14.3. The van der Waals surface area contributed by atoms with Crippen LogP contribution >= 0.6 is 0 Å². The Morgan fingerprint density at radius 2 is 1.85 bits per heavy atom. The topological polar surface area (TPSA) is 100 Å². The van der Waals surface area contributed by atoms with Crippen LogP contribution in [0, 0.1) is 5.92 Å². The molecule has 3 amide bonds. The van der Waals surface area contributed by atoms with Crippen molar-refractivity contribution in [1.82, 2.24) is 24.9 Å². The monoisotopic (exact) mass is 538 g/mol. The first-order chi connectivity index (χ1) is 18.5. The number of anilines is 1. The Kier molecular flexibility index (Phi) is 7.59. The number of piperazine rings is 1. The van der Waals surface area contributed by atoms with E-state index in [1.54, 1.807) is 0 Å². The van der Waals surface area contributed by atoms with Crippen LogP contribution in [0.2, 0.25) is 0 Å². The van der Waals surface area contributed by atoms with E-state index in [1.165, 1.54) is 0 Å². The molecule has 0 aliphatic carbocycles. The SMILES string of the molecule is C[C@@H]1CN(C(=O)OC(C)(C)C)CCN1CC1CCN(c2cccc3c(C4CCC(=O)NC4=O)nn(C)c23)CC1. The molecule has 0 saturated carbocycles. The molecule has 3 saturated heterocycles. The number of aryl methyl sites for hydroxylation is 1. The van der Waals surface area contributed by atoms with Gasteiger partial charge in [-0.3, -0.25) is 24.5 Å². The molecule has 1 unspecified atom stereocenters. The molecule has 212 valence electrons. The number of para-hydroxylation sites is 1. The summed E-state index contributed by atoms with van der Waals surface area (Å²) in [4.78, 5) is 43.5. The molecule has 10 heteroatoms. The highest BCUT2D eigenvalue weighted by atomic mass is 16.6. The lowest BCUT2D eigenvalue weighted by atomic mass is 9.92. The summed E-state index contributed by atoms with van der Waals surface area (Å²) in [5.41, 5.74) is 2.48. The lowest BCUT2D eigenvalue weighted by molar-refractivity contribution is -0.134. The van der Waals surface area contributed by atoms with Crippen LogP contribution in [0.5, 0.6) is 0 Å². The maximum Gasteiger partial charge on any atom is 0.410 e. The van der Waals surface area contributed by atoms with Gasteiger partial charge in [-0.1, -0.05) is 12.1 Å². The summed E-state index contributed by atoms with van der Waals surface area (Å²) in [6.07, 6.45) is 2.83. The minimum atomic E-state index is -0.474. The molecule has 1 N–H and O–H groups in total. The van der Waals surface area contributed by atoms with Crippen LogP contribution in [0.4, 0.5) is 10.5 Å². The number of carbonyl (C=O) groups is 3. The summed E-state index contributed by atoms with van der Waals surface area (Å²) in [5.74, 6) is -0.246. The molecule has 3 aliphatic rings. The normalized spacial score (nSPS) is 23.8. The van der Waals surface area contributed by atoms with E-state index in [4.69, 9.17) is 9.84 Å². The Morgan fingerprint density at radius 1 is 1.10 bits per heavy atom. The smallest absolute Gasteiger partial charge is 0.410 e. The van der Waals surface area contributed by atoms with Gasteiger partial charge in [-0.2, -0.15) is 5.10 Å². The number of piperidine rings is 2. The van der Waals surface area contributed by atoms with Crippen LogP contribution in [-0.4, -0.2) is 88.4 Å². The van der Waals surface area contributed by atoms with Crippen molar-refractivity contribution >= 4 is 34.5 Å². The van der Waals surface area contributed by atoms with Gasteiger partial charge in [-0.05, 0) is 58.9 Å². The summed E-state index contributed by atoms with van der Waals surface area (Å²) in [6.45, 7) is 13.2. The number of aromatic nitrogens is 2. The molecule has 2 aromatic rings. The Morgan fingerprint density at radius 3 is 2.51 bits per heavy atom. The first kappa shape index (κ1) is 27.4. The average molecular weight is 539 g/mol. The molecule has 1 aromatic carbocycles. The molecular weight excluding hydrogens is 496 g/mol. The number of ether oxygens (including phenoxy) is 1. The van der Waals surface area contributed by atoms with Crippen LogP contribution in [0.3, 0.4) is 0 Å². The highest BCUT2D eigenvalue weighted by Gasteiger charge is 2.34. The Balaban J connectivity index is 1.20. The second-order valence-corrected chi connectivity index (χ2v) is 12.4. The number of nitrogens with zero attached hydrogens (tertiary/aromatic N) is 5. The van der Waals surface area contributed by atoms with Gasteiger partial charge in [-0.15, -0.1) is 0 Å². The minimum absolute atomic E-state index is 0.209. The van der Waals surface area contributed by atoms with Crippen LogP contribution < -0.4 is 10.2 Å². The van der Waals surface area contributed by atoms with E-state index in [0.29, 0.717) is 37.9 Å². The van der Waals surface area contributed by atoms with Crippen LogP contribution in [-0.2, 0) is 21.4 Å². The van der Waals surface area contributed by atoms with Crippen molar-refractivity contribution in [2.45, 2.75) is 70.9 Å². The van der Waals surface area contributed by atoms with Crippen molar-refractivity contribution in [2.24, 2.45) is 13.0 Å². The van der Waals surface area contributed by atoms with Crippen LogP contribution in [0.15, 0.2) is 18.2 Å². The molecule has 1 aromatic heterocycles. The lowest BCUT2D eigenvalue weighted by Crippen LogP contribution is -2.55. The maximum absolute atomic E-state index is 12.6. The highest BCUT2D eigenvalue weighted by molar-refractivity contribution is 6.03. The quantitative estimate of drug-likeness (QED) is 0.597. The maximum atomic E-state index is 12.6. The number of rotatable bonds is 4. The van der Waals surface area contributed by atoms with Gasteiger partial charge in [0.2, 0.25) is 11.8 Å². The van der Waals surface area contributed by atoms with Crippen molar-refractivity contribution in [1.29, 1.82) is 0 Å². The van der Waals surface area contributed by atoms with E-state index in [2.05, 4.69) is 28.1 Å². The second kappa shape index (κ2) is 10.8. The molecule has 5 rings (SSSR count). The third-order valence-corrected chi connectivity index (χ3v) is 8.31. The zero-order valence-electron chi connectivity index (χ0n) is 23.9. The molecule has 0 bridgehead atoms. The molecule has 10 nitrogen and oxygen atoms in total. The van der Waals surface area contributed by atoms with Crippen molar-refractivity contribution in [3.05, 3.63) is 23.9 Å². The van der Waals surface area contributed by atoms with Crippen LogP contribution in [0.25, 0.3) is 10.9 Å². The zero-order valence-corrected chi connectivity index (χ0v) is 23.9. The average Bonchev–Trinajstić information content (AvgIpc) is 3.21. The largest absolute Gasteiger partial charge is 0.444 e. The molecule has 39 heavy (non-hydrogen) atoms. The Bertz CT molecular complexity index is 1240. The van der Waals surface area contributed by atoms with Gasteiger partial charge in [0.25, 0.3) is 0 Å². The number of benzene rings is 1. The van der Waals surface area contributed by atoms with Crippen molar-refractivity contribution < 1.29 is 19.1 Å². The fourth-order valence-corrected chi connectivity index (χ4v) is 6.26. The van der Waals surface area contributed by atoms with Crippen molar-refractivity contribution in [2.75, 3.05) is 44.2 Å². The van der Waals surface area contributed by atoms with E-state index < -0.39 is 11.5 Å². The van der Waals surface area contributed by atoms with E-state index in [9.17, 15) is 14.4 Å². The van der Waals surface area contributed by atoms with Gasteiger partial charge in [0.15, 0.2) is 0 Å². The van der Waals surface area contributed by atoms with Gasteiger partial charge in [0.05, 0.1) is 22.8 Å². The Labute approximate surface area is 230 Å². The third-order valence-electron chi connectivity index (χ3n) is 8.31. The van der Waals surface area contributed by atoms with E-state index >= 15 is 0 Å². The molecule has 2 atom stereocenters. The van der Waals surface area contributed by atoms with Gasteiger partial charge in [0, 0.05) is 64.2 Å². The number of hydrogen-bond donors (Lipinski definition) is 1. The number of carbonyl (C=O) groups excluding carboxylic acids is 3. The molecule has 0 spiro atoms. The highest BCUT2D eigenvalue weighted by Crippen LogP contribution is 2.36. The number of imide groups is 1. The zero-order chi connectivity index (χ0) is 27.9. The summed E-state index contributed by atoms with van der Waals surface area (Å²) in [7, 11) is 1.94. The van der Waals surface area contributed by atoms with Crippen molar-refractivity contribution in [3.63, 3.8) is 0 Å². The van der Waals surface area contributed by atoms with E-state index in [1.807, 2.05) is 49.5 Å². The fraction of sp³-hybridized carbons (Fsp3) is 0.655. The van der Waals surface area contributed by atoms with Gasteiger partial charge < -0.3 is 14.5 Å². The summed E-state index contributed by atoms with van der Waals surface area (Å²) < 4.78 is 7.46. The summed E-state index contributed by atoms with van der Waals surface area (Å²) in [5, 5.41) is 8.22. The number of hydrogen-bond acceptors (Lipinski definition) is 7. The summed E-state index contributed by atoms with van der Waals surface area (Å²) in [6, 6.07) is 6.54. The third kappa shape index (κ3) is 5.90. The lowest BCUT2D eigenvalue weighted by Gasteiger charge is -2.43. The van der Waals surface area contributed by atoms with Gasteiger partial charge in [0.1, 0.15) is 5.60 Å². The van der Waals surface area contributed by atoms with Crippen LogP contribution in [0.1, 0.15) is 65.0 Å². The van der Waals surface area contributed by atoms with Gasteiger partial charge in [-0.25, -0.2) is 4.79 Å². The molecule has 3 fully saturated rings. The standard InChI is InChI=1S/C29H42N6O4/c1-19-17-35(28(38)39-29(2,3)4)16-15-34(19)18-20-11-13-33(14-12-20)23-8-6-7-21-25(31-32(5)26(21)23)22-9-10-24(36)30-27(22)37/h6-8,19-20,22H,9-18H2,1-5H3,(H,30,36,37)/t19-,22?/m1/s1. The van der Waals surface area contributed by atoms with Gasteiger partial charge >= 0.3 is 6.09 Å². The summed E-state index contributed by atoms with van der Waals surface area (Å²) >= 11 is 0. The number of fused-ring (bicyclic) bond motifs is 1. The molecular formula is C29H42N6O4.